The van der Waals surface area contributed by atoms with Crippen LogP contribution in [0.25, 0.3) is 0 Å². The molecule has 0 bridgehead atoms. The van der Waals surface area contributed by atoms with Crippen LogP contribution in [0, 0.1) is 0 Å². The molecule has 1 heterocycles. The second-order valence-corrected chi connectivity index (χ2v) is 7.18. The third-order valence-electron chi connectivity index (χ3n) is 5.00. The molecule has 1 saturated carbocycles. The van der Waals surface area contributed by atoms with Crippen molar-refractivity contribution in [3.8, 4) is 0 Å². The summed E-state index contributed by atoms with van der Waals surface area (Å²) in [7, 11) is 0. The summed E-state index contributed by atoms with van der Waals surface area (Å²) in [6.07, 6.45) is 9.55. The lowest BCUT2D eigenvalue weighted by atomic mass is 9.87. The Bertz CT molecular complexity index is 278. The summed E-state index contributed by atoms with van der Waals surface area (Å²) in [5.41, 5.74) is 0.189. The third-order valence-corrected chi connectivity index (χ3v) is 5.00. The lowest BCUT2D eigenvalue weighted by Gasteiger charge is -2.49. The van der Waals surface area contributed by atoms with Crippen LogP contribution in [0.2, 0.25) is 0 Å². The van der Waals surface area contributed by atoms with E-state index in [4.69, 9.17) is 4.74 Å². The van der Waals surface area contributed by atoms with E-state index in [0.29, 0.717) is 12.1 Å². The molecule has 118 valence electrons. The number of hydrogen-bond acceptors (Lipinski definition) is 3. The van der Waals surface area contributed by atoms with Crippen LogP contribution < -0.4 is 5.32 Å². The fourth-order valence-corrected chi connectivity index (χ4v) is 3.89. The van der Waals surface area contributed by atoms with Gasteiger partial charge in [-0.1, -0.05) is 32.6 Å². The molecule has 0 aromatic rings. The third kappa shape index (κ3) is 4.19. The van der Waals surface area contributed by atoms with Crippen molar-refractivity contribution in [1.82, 2.24) is 10.2 Å². The summed E-state index contributed by atoms with van der Waals surface area (Å²) < 4.78 is 5.72. The van der Waals surface area contributed by atoms with Crippen molar-refractivity contribution in [2.24, 2.45) is 0 Å². The fourth-order valence-electron chi connectivity index (χ4n) is 3.89. The average Bonchev–Trinajstić information content (AvgIpc) is 2.39. The van der Waals surface area contributed by atoms with Crippen LogP contribution in [0.5, 0.6) is 0 Å². The van der Waals surface area contributed by atoms with Gasteiger partial charge in [-0.25, -0.2) is 0 Å². The molecule has 0 amide bonds. The van der Waals surface area contributed by atoms with E-state index in [2.05, 4.69) is 31.0 Å². The van der Waals surface area contributed by atoms with Crippen molar-refractivity contribution in [2.75, 3.05) is 26.3 Å². The number of hydrogen-bond donors (Lipinski definition) is 1. The highest BCUT2D eigenvalue weighted by Crippen LogP contribution is 2.29. The average molecular weight is 282 g/mol. The molecular formula is C17H34N2O. The predicted octanol–water partition coefficient (Wildman–Crippen LogP) is 3.19. The van der Waals surface area contributed by atoms with Gasteiger partial charge in [0.1, 0.15) is 0 Å². The maximum absolute atomic E-state index is 5.72. The number of nitrogens with one attached hydrogen (secondary N) is 1. The first kappa shape index (κ1) is 16.3. The van der Waals surface area contributed by atoms with E-state index in [1.54, 1.807) is 0 Å². The molecule has 1 aliphatic heterocycles. The van der Waals surface area contributed by atoms with Crippen LogP contribution in [0.3, 0.4) is 0 Å². The lowest BCUT2D eigenvalue weighted by Crippen LogP contribution is -2.62. The van der Waals surface area contributed by atoms with Crippen LogP contribution in [0.4, 0.5) is 0 Å². The Kier molecular flexibility index (Phi) is 6.31. The maximum atomic E-state index is 5.72. The molecule has 2 atom stereocenters. The normalized spacial score (nSPS) is 32.5. The molecule has 2 rings (SSSR count). The summed E-state index contributed by atoms with van der Waals surface area (Å²) in [5, 5.41) is 3.84. The molecule has 0 aromatic heterocycles. The first-order chi connectivity index (χ1) is 9.65. The topological polar surface area (TPSA) is 24.5 Å². The van der Waals surface area contributed by atoms with Gasteiger partial charge in [0.05, 0.1) is 13.2 Å². The molecule has 1 saturated heterocycles. The standard InChI is InChI=1S/C17H34N2O/c1-4-11-18-15-9-7-5-6-8-10-16(15)19-12-13-20-14-17(19,2)3/h15-16,18H,4-14H2,1-3H3. The molecule has 1 aliphatic carbocycles. The van der Waals surface area contributed by atoms with E-state index in [-0.39, 0.29) is 5.54 Å². The largest absolute Gasteiger partial charge is 0.378 e. The Morgan fingerprint density at radius 2 is 1.90 bits per heavy atom. The molecule has 20 heavy (non-hydrogen) atoms. The van der Waals surface area contributed by atoms with Gasteiger partial charge in [0.25, 0.3) is 0 Å². The van der Waals surface area contributed by atoms with Crippen molar-refractivity contribution in [3.63, 3.8) is 0 Å². The highest BCUT2D eigenvalue weighted by atomic mass is 16.5. The summed E-state index contributed by atoms with van der Waals surface area (Å²) in [6, 6.07) is 1.37. The van der Waals surface area contributed by atoms with Crippen LogP contribution in [-0.4, -0.2) is 48.8 Å². The highest BCUT2D eigenvalue weighted by Gasteiger charge is 2.38. The molecule has 2 fully saturated rings. The molecule has 1 N–H and O–H groups in total. The van der Waals surface area contributed by atoms with Gasteiger partial charge >= 0.3 is 0 Å². The zero-order valence-electron chi connectivity index (χ0n) is 13.8. The highest BCUT2D eigenvalue weighted by molar-refractivity contribution is 4.94. The number of rotatable bonds is 4. The minimum atomic E-state index is 0.189. The summed E-state index contributed by atoms with van der Waals surface area (Å²) in [4.78, 5) is 2.75. The molecule has 0 spiro atoms. The van der Waals surface area contributed by atoms with Crippen LogP contribution >= 0.6 is 0 Å². The summed E-state index contributed by atoms with van der Waals surface area (Å²) >= 11 is 0. The van der Waals surface area contributed by atoms with Gasteiger partial charge in [-0.2, -0.15) is 0 Å². The Morgan fingerprint density at radius 1 is 1.15 bits per heavy atom. The van der Waals surface area contributed by atoms with Gasteiger partial charge in [0, 0.05) is 24.2 Å². The van der Waals surface area contributed by atoms with Crippen LogP contribution in [0.1, 0.15) is 65.7 Å². The van der Waals surface area contributed by atoms with Crippen molar-refractivity contribution in [1.29, 1.82) is 0 Å². The number of ether oxygens (including phenoxy) is 1. The Balaban J connectivity index is 2.08. The van der Waals surface area contributed by atoms with E-state index in [1.807, 2.05) is 0 Å². The van der Waals surface area contributed by atoms with E-state index >= 15 is 0 Å². The molecule has 0 radical (unpaired) electrons. The molecule has 2 aliphatic rings. The second-order valence-electron chi connectivity index (χ2n) is 7.18. The minimum Gasteiger partial charge on any atom is -0.378 e. The van der Waals surface area contributed by atoms with E-state index in [0.717, 1.165) is 26.3 Å². The predicted molar refractivity (Wildman–Crippen MR) is 85.2 cm³/mol. The van der Waals surface area contributed by atoms with Crippen molar-refractivity contribution < 1.29 is 4.74 Å². The smallest absolute Gasteiger partial charge is 0.0645 e. The van der Waals surface area contributed by atoms with Gasteiger partial charge in [-0.05, 0) is 39.7 Å². The van der Waals surface area contributed by atoms with E-state index < -0.39 is 0 Å². The molecule has 2 unspecified atom stereocenters. The summed E-state index contributed by atoms with van der Waals surface area (Å²) in [5.74, 6) is 0. The Hall–Kier alpha value is -0.120. The first-order valence-corrected chi connectivity index (χ1v) is 8.73. The van der Waals surface area contributed by atoms with Gasteiger partial charge < -0.3 is 10.1 Å². The zero-order chi connectivity index (χ0) is 14.4. The fraction of sp³-hybridized carbons (Fsp3) is 1.00. The van der Waals surface area contributed by atoms with Crippen LogP contribution in [0.15, 0.2) is 0 Å². The van der Waals surface area contributed by atoms with Gasteiger partial charge in [0.2, 0.25) is 0 Å². The molecule has 0 aromatic carbocycles. The lowest BCUT2D eigenvalue weighted by molar-refractivity contribution is -0.0817. The van der Waals surface area contributed by atoms with Gasteiger partial charge in [-0.15, -0.1) is 0 Å². The second kappa shape index (κ2) is 7.77. The van der Waals surface area contributed by atoms with Crippen molar-refractivity contribution in [2.45, 2.75) is 83.3 Å². The molecule has 3 nitrogen and oxygen atoms in total. The van der Waals surface area contributed by atoms with Crippen LogP contribution in [-0.2, 0) is 4.74 Å². The number of nitrogens with zero attached hydrogens (tertiary/aromatic N) is 1. The molecule has 3 heteroatoms. The zero-order valence-corrected chi connectivity index (χ0v) is 13.8. The Morgan fingerprint density at radius 3 is 2.60 bits per heavy atom. The van der Waals surface area contributed by atoms with E-state index in [1.165, 1.54) is 44.9 Å². The van der Waals surface area contributed by atoms with Gasteiger partial charge in [0.15, 0.2) is 0 Å². The summed E-state index contributed by atoms with van der Waals surface area (Å²) in [6.45, 7) is 11.0. The SMILES string of the molecule is CCCNC1CCCCCCC1N1CCOCC1(C)C. The Labute approximate surface area is 125 Å². The maximum Gasteiger partial charge on any atom is 0.0645 e. The number of morpholine rings is 1. The van der Waals surface area contributed by atoms with Gasteiger partial charge in [-0.3, -0.25) is 4.90 Å². The monoisotopic (exact) mass is 282 g/mol. The minimum absolute atomic E-state index is 0.189. The quantitative estimate of drug-likeness (QED) is 0.857. The first-order valence-electron chi connectivity index (χ1n) is 8.73. The van der Waals surface area contributed by atoms with E-state index in [9.17, 15) is 0 Å². The molecular weight excluding hydrogens is 248 g/mol. The van der Waals surface area contributed by atoms with Crippen molar-refractivity contribution >= 4 is 0 Å². The van der Waals surface area contributed by atoms with Crippen molar-refractivity contribution in [3.05, 3.63) is 0 Å².